The zero-order valence-electron chi connectivity index (χ0n) is 13.1. The molecule has 0 bridgehead atoms. The highest BCUT2D eigenvalue weighted by atomic mass is 16.5. The zero-order valence-corrected chi connectivity index (χ0v) is 13.1. The number of ether oxygens (including phenoxy) is 1. The Morgan fingerprint density at radius 3 is 2.57 bits per heavy atom. The van der Waals surface area contributed by atoms with Gasteiger partial charge in [-0.15, -0.1) is 0 Å². The van der Waals surface area contributed by atoms with Crippen molar-refractivity contribution in [2.45, 2.75) is 51.5 Å². The van der Waals surface area contributed by atoms with Crippen molar-refractivity contribution in [3.8, 4) is 0 Å². The minimum Gasteiger partial charge on any atom is -0.392 e. The zero-order chi connectivity index (χ0) is 15.5. The maximum Gasteiger partial charge on any atom is 0.0898 e. The fourth-order valence-electron chi connectivity index (χ4n) is 2.66. The van der Waals surface area contributed by atoms with E-state index in [0.29, 0.717) is 13.2 Å². The third-order valence-corrected chi connectivity index (χ3v) is 4.62. The molecule has 1 aliphatic rings. The number of benzene rings is 1. The molecule has 0 aliphatic heterocycles. The summed E-state index contributed by atoms with van der Waals surface area (Å²) in [6.45, 7) is 6.86. The molecule has 4 nitrogen and oxygen atoms in total. The third kappa shape index (κ3) is 4.04. The number of rotatable bonds is 7. The van der Waals surface area contributed by atoms with E-state index in [0.717, 1.165) is 12.0 Å². The average molecular weight is 293 g/mol. The predicted octanol–water partition coefficient (Wildman–Crippen LogP) is 1.87. The molecule has 4 unspecified atom stereocenters. The first kappa shape index (κ1) is 16.4. The molecule has 4 heteroatoms. The lowest BCUT2D eigenvalue weighted by Gasteiger charge is -2.49. The van der Waals surface area contributed by atoms with Crippen LogP contribution >= 0.6 is 0 Å². The summed E-state index contributed by atoms with van der Waals surface area (Å²) in [4.78, 5) is 0. The largest absolute Gasteiger partial charge is 0.392 e. The maximum absolute atomic E-state index is 10.00. The van der Waals surface area contributed by atoms with E-state index in [9.17, 15) is 10.2 Å². The SMILES string of the molecule is CC(OCC(O)CNC1CC(O)C1(C)C)c1ccccc1. The molecule has 1 aromatic carbocycles. The molecule has 1 saturated carbocycles. The van der Waals surface area contributed by atoms with Crippen molar-refractivity contribution in [3.63, 3.8) is 0 Å². The first-order chi connectivity index (χ1) is 9.91. The van der Waals surface area contributed by atoms with Crippen LogP contribution in [-0.2, 0) is 4.74 Å². The summed E-state index contributed by atoms with van der Waals surface area (Å²) in [6, 6.07) is 10.2. The van der Waals surface area contributed by atoms with E-state index >= 15 is 0 Å². The van der Waals surface area contributed by atoms with E-state index in [-0.39, 0.29) is 23.7 Å². The van der Waals surface area contributed by atoms with Gasteiger partial charge in [0.2, 0.25) is 0 Å². The minimum absolute atomic E-state index is 0.0252. The van der Waals surface area contributed by atoms with Crippen molar-refractivity contribution in [1.29, 1.82) is 0 Å². The monoisotopic (exact) mass is 293 g/mol. The first-order valence-corrected chi connectivity index (χ1v) is 7.67. The van der Waals surface area contributed by atoms with Crippen LogP contribution in [0, 0.1) is 5.41 Å². The van der Waals surface area contributed by atoms with Crippen LogP contribution in [-0.4, -0.2) is 41.6 Å². The van der Waals surface area contributed by atoms with Crippen molar-refractivity contribution in [2.75, 3.05) is 13.2 Å². The van der Waals surface area contributed by atoms with Gasteiger partial charge in [0, 0.05) is 18.0 Å². The van der Waals surface area contributed by atoms with E-state index in [4.69, 9.17) is 4.74 Å². The standard InChI is InChI=1S/C17H27NO3/c1-12(13-7-5-4-6-8-13)21-11-14(19)10-18-15-9-16(20)17(15,2)3/h4-8,12,14-16,18-20H,9-11H2,1-3H3. The molecule has 0 spiro atoms. The number of nitrogens with one attached hydrogen (secondary N) is 1. The summed E-state index contributed by atoms with van der Waals surface area (Å²) >= 11 is 0. The van der Waals surface area contributed by atoms with Gasteiger partial charge < -0.3 is 20.3 Å². The molecule has 1 aliphatic carbocycles. The van der Waals surface area contributed by atoms with E-state index in [1.165, 1.54) is 0 Å². The fourth-order valence-corrected chi connectivity index (χ4v) is 2.66. The quantitative estimate of drug-likeness (QED) is 0.718. The van der Waals surface area contributed by atoms with Gasteiger partial charge in [0.15, 0.2) is 0 Å². The van der Waals surface area contributed by atoms with Gasteiger partial charge in [0.1, 0.15) is 0 Å². The van der Waals surface area contributed by atoms with Crippen molar-refractivity contribution in [1.82, 2.24) is 5.32 Å². The number of hydrogen-bond donors (Lipinski definition) is 3. The fraction of sp³-hybridized carbons (Fsp3) is 0.647. The molecule has 1 fully saturated rings. The molecule has 21 heavy (non-hydrogen) atoms. The van der Waals surface area contributed by atoms with Crippen LogP contribution in [0.2, 0.25) is 0 Å². The number of hydrogen-bond acceptors (Lipinski definition) is 4. The van der Waals surface area contributed by atoms with Crippen LogP contribution in [0.15, 0.2) is 30.3 Å². The summed E-state index contributed by atoms with van der Waals surface area (Å²) < 4.78 is 5.71. The lowest BCUT2D eigenvalue weighted by molar-refractivity contribution is -0.0778. The highest BCUT2D eigenvalue weighted by molar-refractivity contribution is 5.16. The maximum atomic E-state index is 10.00. The van der Waals surface area contributed by atoms with Crippen LogP contribution in [0.5, 0.6) is 0 Å². The van der Waals surface area contributed by atoms with Gasteiger partial charge in [0.25, 0.3) is 0 Å². The summed E-state index contributed by atoms with van der Waals surface area (Å²) in [5.74, 6) is 0. The lowest BCUT2D eigenvalue weighted by Crippen LogP contribution is -2.61. The van der Waals surface area contributed by atoms with E-state index in [1.54, 1.807) is 0 Å². The van der Waals surface area contributed by atoms with Gasteiger partial charge in [-0.05, 0) is 18.9 Å². The predicted molar refractivity (Wildman–Crippen MR) is 83.0 cm³/mol. The minimum atomic E-state index is -0.537. The topological polar surface area (TPSA) is 61.7 Å². The van der Waals surface area contributed by atoms with Gasteiger partial charge in [-0.1, -0.05) is 44.2 Å². The van der Waals surface area contributed by atoms with Gasteiger partial charge in [-0.2, -0.15) is 0 Å². The molecule has 0 amide bonds. The van der Waals surface area contributed by atoms with Crippen molar-refractivity contribution < 1.29 is 14.9 Å². The highest BCUT2D eigenvalue weighted by Crippen LogP contribution is 2.40. The van der Waals surface area contributed by atoms with Crippen LogP contribution in [0.4, 0.5) is 0 Å². The molecule has 1 aromatic rings. The molecule has 4 atom stereocenters. The van der Waals surface area contributed by atoms with Crippen LogP contribution in [0.1, 0.15) is 38.9 Å². The van der Waals surface area contributed by atoms with Crippen molar-refractivity contribution in [2.24, 2.45) is 5.41 Å². The third-order valence-electron chi connectivity index (χ3n) is 4.62. The first-order valence-electron chi connectivity index (χ1n) is 7.67. The molecule has 0 saturated heterocycles. The Bertz CT molecular complexity index is 435. The number of aliphatic hydroxyl groups excluding tert-OH is 2. The van der Waals surface area contributed by atoms with Gasteiger partial charge in [0.05, 0.1) is 24.9 Å². The molecular formula is C17H27NO3. The summed E-state index contributed by atoms with van der Waals surface area (Å²) in [5.41, 5.74) is 0.999. The Morgan fingerprint density at radius 2 is 2.00 bits per heavy atom. The Morgan fingerprint density at radius 1 is 1.33 bits per heavy atom. The van der Waals surface area contributed by atoms with Crippen LogP contribution < -0.4 is 5.32 Å². The van der Waals surface area contributed by atoms with Gasteiger partial charge in [-0.25, -0.2) is 0 Å². The summed E-state index contributed by atoms with van der Waals surface area (Å²) in [7, 11) is 0. The van der Waals surface area contributed by atoms with E-state index in [1.807, 2.05) is 51.1 Å². The van der Waals surface area contributed by atoms with Crippen LogP contribution in [0.3, 0.4) is 0 Å². The molecule has 0 radical (unpaired) electrons. The van der Waals surface area contributed by atoms with E-state index < -0.39 is 6.10 Å². The smallest absolute Gasteiger partial charge is 0.0898 e. The van der Waals surface area contributed by atoms with Gasteiger partial charge in [-0.3, -0.25) is 0 Å². The molecular weight excluding hydrogens is 266 g/mol. The Labute approximate surface area is 127 Å². The lowest BCUT2D eigenvalue weighted by atomic mass is 9.64. The molecule has 2 rings (SSSR count). The Hall–Kier alpha value is -0.940. The molecule has 3 N–H and O–H groups in total. The highest BCUT2D eigenvalue weighted by Gasteiger charge is 2.46. The molecule has 0 aromatic heterocycles. The Balaban J connectivity index is 1.67. The van der Waals surface area contributed by atoms with Crippen LogP contribution in [0.25, 0.3) is 0 Å². The van der Waals surface area contributed by atoms with Crippen molar-refractivity contribution >= 4 is 0 Å². The second-order valence-corrected chi connectivity index (χ2v) is 6.57. The second-order valence-electron chi connectivity index (χ2n) is 6.57. The summed E-state index contributed by atoms with van der Waals surface area (Å²) in [5, 5.41) is 23.0. The van der Waals surface area contributed by atoms with Gasteiger partial charge >= 0.3 is 0 Å². The summed E-state index contributed by atoms with van der Waals surface area (Å²) in [6.07, 6.45) is -0.0601. The van der Waals surface area contributed by atoms with Crippen molar-refractivity contribution in [3.05, 3.63) is 35.9 Å². The molecule has 118 valence electrons. The van der Waals surface area contributed by atoms with E-state index in [2.05, 4.69) is 5.32 Å². The average Bonchev–Trinajstić information content (AvgIpc) is 2.49. The Kier molecular flexibility index (Phi) is 5.38. The second kappa shape index (κ2) is 6.88. The molecule has 0 heterocycles. The number of aliphatic hydroxyl groups is 2. The normalized spacial score (nSPS) is 26.9.